The highest BCUT2D eigenvalue weighted by atomic mass is 35.5. The maximum atomic E-state index is 13.2. The van der Waals surface area contributed by atoms with Gasteiger partial charge in [-0.1, -0.05) is 30.3 Å². The molecular formula is C31H33ClF3N5O2. The first kappa shape index (κ1) is 29.8. The number of methoxy groups -OCH3 is 1. The molecule has 1 N–H and O–H groups in total. The van der Waals surface area contributed by atoms with Crippen LogP contribution < -0.4 is 4.74 Å². The monoisotopic (exact) mass is 599 g/mol. The molecule has 1 aliphatic heterocycles. The highest BCUT2D eigenvalue weighted by molar-refractivity contribution is 6.36. The average Bonchev–Trinajstić information content (AvgIpc) is 3.42. The van der Waals surface area contributed by atoms with E-state index in [1.165, 1.54) is 18.6 Å². The first-order chi connectivity index (χ1) is 19.9. The number of aliphatic hydroxyl groups is 1. The molecule has 42 heavy (non-hydrogen) atoms. The molecule has 0 radical (unpaired) electrons. The highest BCUT2D eigenvalue weighted by Crippen LogP contribution is 2.41. The second-order valence-corrected chi connectivity index (χ2v) is 11.3. The molecule has 1 unspecified atom stereocenters. The minimum atomic E-state index is -4.61. The predicted molar refractivity (Wildman–Crippen MR) is 155 cm³/mol. The number of hydrogen-bond acceptors (Lipinski definition) is 6. The van der Waals surface area contributed by atoms with E-state index in [1.54, 1.807) is 36.9 Å². The lowest BCUT2D eigenvalue weighted by Crippen LogP contribution is -2.32. The molecule has 1 fully saturated rings. The van der Waals surface area contributed by atoms with E-state index in [-0.39, 0.29) is 5.56 Å². The van der Waals surface area contributed by atoms with Gasteiger partial charge >= 0.3 is 6.18 Å². The molecule has 0 spiro atoms. The number of nitrogens with zero attached hydrogens (tertiary/aromatic N) is 5. The molecule has 0 bridgehead atoms. The van der Waals surface area contributed by atoms with Gasteiger partial charge < -0.3 is 19.3 Å². The van der Waals surface area contributed by atoms with Crippen molar-refractivity contribution in [1.82, 2.24) is 24.4 Å². The minimum absolute atomic E-state index is 0.150. The van der Waals surface area contributed by atoms with Crippen LogP contribution in [0.1, 0.15) is 54.3 Å². The van der Waals surface area contributed by atoms with Crippen LogP contribution in [-0.4, -0.2) is 49.7 Å². The van der Waals surface area contributed by atoms with Gasteiger partial charge in [0.2, 0.25) is 5.88 Å². The Morgan fingerprint density at radius 3 is 2.43 bits per heavy atom. The number of alkyl halides is 3. The minimum Gasteiger partial charge on any atom is -0.481 e. The summed E-state index contributed by atoms with van der Waals surface area (Å²) in [5.41, 5.74) is 0.393. The van der Waals surface area contributed by atoms with Gasteiger partial charge in [0.25, 0.3) is 0 Å². The summed E-state index contributed by atoms with van der Waals surface area (Å²) in [6.07, 6.45) is 3.14. The Morgan fingerprint density at radius 1 is 1.14 bits per heavy atom. The van der Waals surface area contributed by atoms with Crippen LogP contribution in [-0.2, 0) is 25.2 Å². The van der Waals surface area contributed by atoms with Crippen LogP contribution in [0.15, 0.2) is 61.3 Å². The summed E-state index contributed by atoms with van der Waals surface area (Å²) in [5, 5.41) is 13.3. The first-order valence-electron chi connectivity index (χ1n) is 13.7. The Morgan fingerprint density at radius 2 is 1.86 bits per heavy atom. The van der Waals surface area contributed by atoms with Gasteiger partial charge in [0.1, 0.15) is 5.69 Å². The van der Waals surface area contributed by atoms with Crippen LogP contribution in [0.2, 0.25) is 5.02 Å². The third-order valence-corrected chi connectivity index (χ3v) is 8.64. The molecule has 4 heterocycles. The number of piperidine rings is 1. The molecule has 4 aromatic rings. The number of allylic oxidation sites excluding steroid dienone is 1. The highest BCUT2D eigenvalue weighted by Gasteiger charge is 2.39. The SMILES string of the molecule is C=C(C)N1CCC(CCc2c(OC)nc3ccc(C(O)(c4ccc(C(F)(F)F)nc4)c4cncn4C)cc3c2Cl)CC1. The van der Waals surface area contributed by atoms with Crippen molar-refractivity contribution in [3.63, 3.8) is 0 Å². The maximum absolute atomic E-state index is 13.2. The molecule has 1 aliphatic rings. The number of likely N-dealkylation sites (tertiary alicyclic amines) is 1. The Kier molecular flexibility index (Phi) is 8.22. The Hall–Kier alpha value is -3.63. The number of pyridine rings is 2. The quantitative estimate of drug-likeness (QED) is 0.249. The van der Waals surface area contributed by atoms with Gasteiger partial charge in [-0.3, -0.25) is 4.98 Å². The molecular weight excluding hydrogens is 567 g/mol. The molecule has 5 rings (SSSR count). The Balaban J connectivity index is 1.54. The second-order valence-electron chi connectivity index (χ2n) is 10.9. The lowest BCUT2D eigenvalue weighted by molar-refractivity contribution is -0.141. The number of benzene rings is 1. The third-order valence-electron chi connectivity index (χ3n) is 8.21. The number of aromatic nitrogens is 4. The lowest BCUT2D eigenvalue weighted by Gasteiger charge is -2.33. The summed E-state index contributed by atoms with van der Waals surface area (Å²) in [5.74, 6) is 0.985. The summed E-state index contributed by atoms with van der Waals surface area (Å²) in [6, 6.07) is 7.20. The molecule has 1 aromatic carbocycles. The summed E-state index contributed by atoms with van der Waals surface area (Å²) >= 11 is 7.03. The topological polar surface area (TPSA) is 76.3 Å². The average molecular weight is 600 g/mol. The summed E-state index contributed by atoms with van der Waals surface area (Å²) in [6.45, 7) is 8.05. The molecule has 11 heteroatoms. The van der Waals surface area contributed by atoms with Crippen LogP contribution in [0.4, 0.5) is 13.2 Å². The Bertz CT molecular complexity index is 1600. The van der Waals surface area contributed by atoms with Crippen molar-refractivity contribution in [2.75, 3.05) is 20.2 Å². The fourth-order valence-electron chi connectivity index (χ4n) is 5.75. The molecule has 0 saturated carbocycles. The summed E-state index contributed by atoms with van der Waals surface area (Å²) < 4.78 is 47.0. The van der Waals surface area contributed by atoms with Crippen LogP contribution >= 0.6 is 11.6 Å². The van der Waals surface area contributed by atoms with Crippen molar-refractivity contribution in [2.45, 2.75) is 44.4 Å². The van der Waals surface area contributed by atoms with E-state index in [4.69, 9.17) is 21.3 Å². The maximum Gasteiger partial charge on any atom is 0.433 e. The molecule has 222 valence electrons. The zero-order valence-corrected chi connectivity index (χ0v) is 24.5. The standard InChI is InChI=1S/C31H33ClF3N5O2/c1-19(2)40-13-11-20(12-14-40)5-8-23-28(32)24-15-21(6-9-25(24)38-29(23)42-4)30(41,27-17-36-18-39(27)3)22-7-10-26(37-16-22)31(33,34)35/h6-7,9-10,15-18,20,41H,1,5,8,11-14H2,2-4H3. The number of aryl methyl sites for hydroxylation is 1. The van der Waals surface area contributed by atoms with Gasteiger partial charge in [0.05, 0.1) is 35.9 Å². The normalized spacial score (nSPS) is 16.0. The number of fused-ring (bicyclic) bond motifs is 1. The van der Waals surface area contributed by atoms with Crippen LogP contribution in [0.25, 0.3) is 10.9 Å². The van der Waals surface area contributed by atoms with Gasteiger partial charge in [0, 0.05) is 48.5 Å². The van der Waals surface area contributed by atoms with E-state index in [9.17, 15) is 18.3 Å². The van der Waals surface area contributed by atoms with Crippen molar-refractivity contribution in [3.05, 3.63) is 94.4 Å². The number of rotatable bonds is 8. The van der Waals surface area contributed by atoms with Gasteiger partial charge in [-0.15, -0.1) is 0 Å². The van der Waals surface area contributed by atoms with Gasteiger partial charge in [-0.05, 0) is 62.3 Å². The molecule has 0 amide bonds. The van der Waals surface area contributed by atoms with Crippen molar-refractivity contribution in [2.24, 2.45) is 13.0 Å². The van der Waals surface area contributed by atoms with Gasteiger partial charge in [-0.2, -0.15) is 13.2 Å². The molecule has 0 aliphatic carbocycles. The largest absolute Gasteiger partial charge is 0.481 e. The van der Waals surface area contributed by atoms with Crippen molar-refractivity contribution in [1.29, 1.82) is 0 Å². The third kappa shape index (κ3) is 5.57. The van der Waals surface area contributed by atoms with E-state index < -0.39 is 17.5 Å². The zero-order chi connectivity index (χ0) is 30.2. The molecule has 7 nitrogen and oxygen atoms in total. The zero-order valence-electron chi connectivity index (χ0n) is 23.7. The van der Waals surface area contributed by atoms with Crippen LogP contribution in [0, 0.1) is 5.92 Å². The van der Waals surface area contributed by atoms with Crippen molar-refractivity contribution in [3.8, 4) is 5.88 Å². The second kappa shape index (κ2) is 11.6. The predicted octanol–water partition coefficient (Wildman–Crippen LogP) is 6.51. The van der Waals surface area contributed by atoms with E-state index >= 15 is 0 Å². The number of halogens is 4. The number of ether oxygens (including phenoxy) is 1. The summed E-state index contributed by atoms with van der Waals surface area (Å²) in [7, 11) is 3.26. The fourth-order valence-corrected chi connectivity index (χ4v) is 6.08. The number of hydrogen-bond donors (Lipinski definition) is 1. The molecule has 1 atom stereocenters. The first-order valence-corrected chi connectivity index (χ1v) is 14.1. The van der Waals surface area contributed by atoms with Crippen LogP contribution in [0.5, 0.6) is 5.88 Å². The van der Waals surface area contributed by atoms with Crippen molar-refractivity contribution < 1.29 is 23.0 Å². The molecule has 1 saturated heterocycles. The van der Waals surface area contributed by atoms with Crippen molar-refractivity contribution >= 4 is 22.5 Å². The van der Waals surface area contributed by atoms with E-state index in [0.29, 0.717) is 45.4 Å². The van der Waals surface area contributed by atoms with E-state index in [0.717, 1.165) is 55.9 Å². The fraction of sp³-hybridized carbons (Fsp3) is 0.387. The van der Waals surface area contributed by atoms with Gasteiger partial charge in [-0.25, -0.2) is 9.97 Å². The smallest absolute Gasteiger partial charge is 0.433 e. The van der Waals surface area contributed by atoms with E-state index in [1.807, 2.05) is 6.92 Å². The molecule has 3 aromatic heterocycles. The van der Waals surface area contributed by atoms with E-state index in [2.05, 4.69) is 21.4 Å². The summed E-state index contributed by atoms with van der Waals surface area (Å²) in [4.78, 5) is 14.7. The lowest BCUT2D eigenvalue weighted by atomic mass is 9.83. The Labute approximate surface area is 247 Å². The van der Waals surface area contributed by atoms with Gasteiger partial charge in [0.15, 0.2) is 5.60 Å². The van der Waals surface area contributed by atoms with Crippen LogP contribution in [0.3, 0.4) is 0 Å². The number of imidazole rings is 1.